The molecule has 1 fully saturated rings. The standard InChI is InChI=1S/C21H16BrN3O7/c1-31-20(29)11-2-5-14(6-3-11)25-19(28)15(18(27)24-21(25)30)9-12-8-13(22)4-7-16(12)32-10-17(23)26/h2-9H,10H2,1H3,(H2,23,26)(H,24,27,30)/b15-9+. The summed E-state index contributed by atoms with van der Waals surface area (Å²) in [4.78, 5) is 61.2. The Hall–Kier alpha value is -3.99. The van der Waals surface area contributed by atoms with E-state index in [1.807, 2.05) is 0 Å². The first-order chi connectivity index (χ1) is 15.2. The van der Waals surface area contributed by atoms with Crippen molar-refractivity contribution in [1.29, 1.82) is 0 Å². The molecule has 32 heavy (non-hydrogen) atoms. The average molecular weight is 502 g/mol. The highest BCUT2D eigenvalue weighted by molar-refractivity contribution is 9.10. The number of hydrogen-bond donors (Lipinski definition) is 2. The molecule has 5 amide bonds. The van der Waals surface area contributed by atoms with E-state index < -0.39 is 36.3 Å². The molecular formula is C21H16BrN3O7. The van der Waals surface area contributed by atoms with Crippen LogP contribution in [0.4, 0.5) is 10.5 Å². The number of nitrogens with two attached hydrogens (primary N) is 1. The number of ether oxygens (including phenoxy) is 2. The first-order valence-electron chi connectivity index (χ1n) is 9.01. The number of carbonyl (C=O) groups excluding carboxylic acids is 5. The number of methoxy groups -OCH3 is 1. The number of esters is 1. The molecule has 1 aliphatic rings. The number of benzene rings is 2. The van der Waals surface area contributed by atoms with Gasteiger partial charge in [0.05, 0.1) is 18.4 Å². The van der Waals surface area contributed by atoms with Crippen LogP contribution in [-0.4, -0.2) is 43.4 Å². The van der Waals surface area contributed by atoms with Gasteiger partial charge < -0.3 is 15.2 Å². The number of nitrogens with one attached hydrogen (secondary N) is 1. The molecule has 1 aliphatic heterocycles. The number of anilines is 1. The summed E-state index contributed by atoms with van der Waals surface area (Å²) in [5.41, 5.74) is 5.42. The quantitative estimate of drug-likeness (QED) is 0.348. The summed E-state index contributed by atoms with van der Waals surface area (Å²) in [5, 5.41) is 2.10. The van der Waals surface area contributed by atoms with Gasteiger partial charge in [-0.3, -0.25) is 19.7 Å². The van der Waals surface area contributed by atoms with Crippen molar-refractivity contribution >= 4 is 57.4 Å². The van der Waals surface area contributed by atoms with Gasteiger partial charge in [-0.15, -0.1) is 0 Å². The number of nitrogens with zero attached hydrogens (tertiary/aromatic N) is 1. The zero-order valence-electron chi connectivity index (χ0n) is 16.6. The normalized spacial score (nSPS) is 14.9. The Labute approximate surface area is 190 Å². The van der Waals surface area contributed by atoms with Crippen LogP contribution in [0.5, 0.6) is 5.75 Å². The molecule has 0 aromatic heterocycles. The molecule has 1 saturated heterocycles. The van der Waals surface area contributed by atoms with E-state index in [4.69, 9.17) is 10.5 Å². The Bertz CT molecular complexity index is 1160. The van der Waals surface area contributed by atoms with E-state index in [0.717, 1.165) is 4.90 Å². The van der Waals surface area contributed by atoms with E-state index in [2.05, 4.69) is 26.0 Å². The minimum atomic E-state index is -0.942. The minimum absolute atomic E-state index is 0.137. The van der Waals surface area contributed by atoms with Gasteiger partial charge >= 0.3 is 12.0 Å². The molecule has 0 spiro atoms. The molecule has 3 N–H and O–H groups in total. The maximum atomic E-state index is 13.0. The predicted octanol–water partition coefficient (Wildman–Crippen LogP) is 1.77. The molecule has 2 aromatic rings. The van der Waals surface area contributed by atoms with Gasteiger partial charge in [0.2, 0.25) is 0 Å². The van der Waals surface area contributed by atoms with Crippen LogP contribution in [0.15, 0.2) is 52.5 Å². The fourth-order valence-electron chi connectivity index (χ4n) is 2.82. The maximum Gasteiger partial charge on any atom is 0.337 e. The molecule has 11 heteroatoms. The number of halogens is 1. The van der Waals surface area contributed by atoms with Crippen LogP contribution in [0.2, 0.25) is 0 Å². The van der Waals surface area contributed by atoms with E-state index >= 15 is 0 Å². The lowest BCUT2D eigenvalue weighted by molar-refractivity contribution is -0.123. The highest BCUT2D eigenvalue weighted by Crippen LogP contribution is 2.28. The Morgan fingerprint density at radius 1 is 1.12 bits per heavy atom. The average Bonchev–Trinajstić information content (AvgIpc) is 2.75. The summed E-state index contributed by atoms with van der Waals surface area (Å²) in [6.45, 7) is -0.408. The Balaban J connectivity index is 1.98. The van der Waals surface area contributed by atoms with Crippen LogP contribution in [-0.2, 0) is 19.1 Å². The van der Waals surface area contributed by atoms with Crippen LogP contribution in [0.3, 0.4) is 0 Å². The molecule has 164 valence electrons. The molecule has 0 radical (unpaired) electrons. The third-order valence-electron chi connectivity index (χ3n) is 4.29. The summed E-state index contributed by atoms with van der Waals surface area (Å²) in [5.74, 6) is -2.87. The molecule has 10 nitrogen and oxygen atoms in total. The number of amides is 5. The topological polar surface area (TPSA) is 145 Å². The lowest BCUT2D eigenvalue weighted by Crippen LogP contribution is -2.54. The fourth-order valence-corrected chi connectivity index (χ4v) is 3.20. The van der Waals surface area contributed by atoms with Crippen molar-refractivity contribution in [2.45, 2.75) is 0 Å². The molecule has 0 aliphatic carbocycles. The van der Waals surface area contributed by atoms with Crippen molar-refractivity contribution in [2.75, 3.05) is 18.6 Å². The lowest BCUT2D eigenvalue weighted by Gasteiger charge is -2.26. The van der Waals surface area contributed by atoms with Crippen LogP contribution >= 0.6 is 15.9 Å². The summed E-state index contributed by atoms with van der Waals surface area (Å²) in [6, 6.07) is 9.30. The Kier molecular flexibility index (Phi) is 6.69. The molecule has 0 bridgehead atoms. The molecule has 3 rings (SSSR count). The van der Waals surface area contributed by atoms with Gasteiger partial charge in [0.15, 0.2) is 6.61 Å². The summed E-state index contributed by atoms with van der Waals surface area (Å²) in [6.07, 6.45) is 1.24. The molecule has 0 unspecified atom stereocenters. The molecule has 0 saturated carbocycles. The van der Waals surface area contributed by atoms with E-state index in [1.54, 1.807) is 12.1 Å². The first kappa shape index (κ1) is 22.7. The number of urea groups is 1. The SMILES string of the molecule is COC(=O)c1ccc(N2C(=O)NC(=O)/C(=C\c3cc(Br)ccc3OCC(N)=O)C2=O)cc1. The fraction of sp³-hybridized carbons (Fsp3) is 0.0952. The van der Waals surface area contributed by atoms with Crippen molar-refractivity contribution in [3.8, 4) is 5.75 Å². The number of imide groups is 2. The van der Waals surface area contributed by atoms with Gasteiger partial charge in [0.25, 0.3) is 17.7 Å². The first-order valence-corrected chi connectivity index (χ1v) is 9.81. The maximum absolute atomic E-state index is 13.0. The summed E-state index contributed by atoms with van der Waals surface area (Å²) in [7, 11) is 1.23. The number of hydrogen-bond acceptors (Lipinski definition) is 7. The number of barbiturate groups is 1. The van der Waals surface area contributed by atoms with Crippen molar-refractivity contribution < 1.29 is 33.4 Å². The molecule has 1 heterocycles. The Morgan fingerprint density at radius 2 is 1.81 bits per heavy atom. The largest absolute Gasteiger partial charge is 0.483 e. The second-order valence-corrected chi connectivity index (χ2v) is 7.35. The third-order valence-corrected chi connectivity index (χ3v) is 4.78. The summed E-state index contributed by atoms with van der Waals surface area (Å²) < 4.78 is 10.6. The smallest absolute Gasteiger partial charge is 0.337 e. The van der Waals surface area contributed by atoms with E-state index in [-0.39, 0.29) is 22.6 Å². The number of primary amides is 1. The monoisotopic (exact) mass is 501 g/mol. The molecule has 0 atom stereocenters. The Morgan fingerprint density at radius 3 is 2.44 bits per heavy atom. The van der Waals surface area contributed by atoms with Crippen molar-refractivity contribution in [3.63, 3.8) is 0 Å². The van der Waals surface area contributed by atoms with E-state index in [9.17, 15) is 24.0 Å². The van der Waals surface area contributed by atoms with Crippen molar-refractivity contribution in [3.05, 3.63) is 63.6 Å². The highest BCUT2D eigenvalue weighted by Gasteiger charge is 2.37. The van der Waals surface area contributed by atoms with Gasteiger partial charge in [-0.2, -0.15) is 0 Å². The van der Waals surface area contributed by atoms with Crippen LogP contribution in [0, 0.1) is 0 Å². The predicted molar refractivity (Wildman–Crippen MR) is 116 cm³/mol. The number of carbonyl (C=O) groups is 5. The second-order valence-electron chi connectivity index (χ2n) is 6.43. The van der Waals surface area contributed by atoms with Gasteiger partial charge in [-0.25, -0.2) is 14.5 Å². The number of rotatable bonds is 6. The van der Waals surface area contributed by atoms with Crippen LogP contribution < -0.4 is 20.7 Å². The van der Waals surface area contributed by atoms with Gasteiger partial charge in [0.1, 0.15) is 11.3 Å². The van der Waals surface area contributed by atoms with Crippen molar-refractivity contribution in [1.82, 2.24) is 5.32 Å². The van der Waals surface area contributed by atoms with Crippen LogP contribution in [0.1, 0.15) is 15.9 Å². The van der Waals surface area contributed by atoms with Crippen molar-refractivity contribution in [2.24, 2.45) is 5.73 Å². The molecular weight excluding hydrogens is 486 g/mol. The minimum Gasteiger partial charge on any atom is -0.483 e. The zero-order valence-corrected chi connectivity index (χ0v) is 18.2. The third kappa shape index (κ3) is 4.83. The van der Waals surface area contributed by atoms with Gasteiger partial charge in [0, 0.05) is 10.0 Å². The summed E-state index contributed by atoms with van der Waals surface area (Å²) >= 11 is 3.29. The highest BCUT2D eigenvalue weighted by atomic mass is 79.9. The zero-order chi connectivity index (χ0) is 23.4. The second kappa shape index (κ2) is 9.43. The molecule has 2 aromatic carbocycles. The van der Waals surface area contributed by atoms with Gasteiger partial charge in [-0.05, 0) is 48.5 Å². The van der Waals surface area contributed by atoms with Gasteiger partial charge in [-0.1, -0.05) is 15.9 Å². The van der Waals surface area contributed by atoms with Crippen LogP contribution in [0.25, 0.3) is 6.08 Å². The lowest BCUT2D eigenvalue weighted by atomic mass is 10.1. The van der Waals surface area contributed by atoms with E-state index in [1.165, 1.54) is 43.5 Å². The van der Waals surface area contributed by atoms with E-state index in [0.29, 0.717) is 10.0 Å².